The Bertz CT molecular complexity index is 339. The fourth-order valence-electron chi connectivity index (χ4n) is 1.22. The summed E-state index contributed by atoms with van der Waals surface area (Å²) in [6.07, 6.45) is 2.07. The second-order valence-electron chi connectivity index (χ2n) is 3.26. The minimum atomic E-state index is -0.342. The van der Waals surface area contributed by atoms with Crippen LogP contribution >= 0.6 is 15.9 Å². The van der Waals surface area contributed by atoms with E-state index >= 15 is 0 Å². The lowest BCUT2D eigenvalue weighted by Gasteiger charge is -2.06. The molecule has 0 heterocycles. The third-order valence-electron chi connectivity index (χ3n) is 2.05. The van der Waals surface area contributed by atoms with Crippen molar-refractivity contribution in [1.82, 2.24) is 0 Å². The summed E-state index contributed by atoms with van der Waals surface area (Å²) in [5.74, 6) is 0.364. The van der Waals surface area contributed by atoms with Crippen molar-refractivity contribution in [3.8, 4) is 5.75 Å². The van der Waals surface area contributed by atoms with Crippen LogP contribution in [0.2, 0.25) is 0 Å². The van der Waals surface area contributed by atoms with Crippen molar-refractivity contribution in [2.75, 3.05) is 19.0 Å². The Kier molecular flexibility index (Phi) is 5.93. The molecule has 0 aliphatic rings. The van der Waals surface area contributed by atoms with Crippen molar-refractivity contribution < 1.29 is 14.3 Å². The van der Waals surface area contributed by atoms with Crippen LogP contribution in [0.1, 0.15) is 23.2 Å². The average molecular weight is 287 g/mol. The number of carbonyl (C=O) groups excluding carboxylic acids is 1. The molecule has 0 unspecified atom stereocenters. The summed E-state index contributed by atoms with van der Waals surface area (Å²) >= 11 is 3.36. The van der Waals surface area contributed by atoms with E-state index in [1.54, 1.807) is 18.2 Å². The third kappa shape index (κ3) is 4.23. The lowest BCUT2D eigenvalue weighted by Crippen LogP contribution is -2.02. The summed E-state index contributed by atoms with van der Waals surface area (Å²) in [5, 5.41) is 0.985. The van der Waals surface area contributed by atoms with Gasteiger partial charge in [-0.05, 0) is 31.0 Å². The van der Waals surface area contributed by atoms with E-state index in [-0.39, 0.29) is 5.97 Å². The highest BCUT2D eigenvalue weighted by molar-refractivity contribution is 9.09. The predicted molar refractivity (Wildman–Crippen MR) is 66.3 cm³/mol. The lowest BCUT2D eigenvalue weighted by molar-refractivity contribution is 0.0600. The number of hydrogen-bond donors (Lipinski definition) is 0. The van der Waals surface area contributed by atoms with Crippen LogP contribution in [0.4, 0.5) is 0 Å². The van der Waals surface area contributed by atoms with Gasteiger partial charge in [0.1, 0.15) is 5.75 Å². The molecular weight excluding hydrogens is 272 g/mol. The maximum atomic E-state index is 11.3. The van der Waals surface area contributed by atoms with Crippen LogP contribution in [-0.2, 0) is 4.74 Å². The van der Waals surface area contributed by atoms with Gasteiger partial charge in [-0.1, -0.05) is 22.0 Å². The van der Waals surface area contributed by atoms with Crippen LogP contribution in [0, 0.1) is 0 Å². The average Bonchev–Trinajstić information content (AvgIpc) is 2.34. The SMILES string of the molecule is COC(=O)c1cccc(OCCCCBr)c1. The van der Waals surface area contributed by atoms with Gasteiger partial charge in [0.05, 0.1) is 19.3 Å². The maximum Gasteiger partial charge on any atom is 0.337 e. The molecule has 0 aliphatic carbocycles. The van der Waals surface area contributed by atoms with Crippen molar-refractivity contribution in [1.29, 1.82) is 0 Å². The number of carbonyl (C=O) groups is 1. The van der Waals surface area contributed by atoms with Crippen LogP contribution < -0.4 is 4.74 Å². The number of methoxy groups -OCH3 is 1. The minimum absolute atomic E-state index is 0.342. The number of esters is 1. The molecule has 0 N–H and O–H groups in total. The molecule has 0 fully saturated rings. The van der Waals surface area contributed by atoms with Gasteiger partial charge in [-0.3, -0.25) is 0 Å². The number of unbranched alkanes of at least 4 members (excludes halogenated alkanes) is 1. The molecule has 1 aromatic carbocycles. The number of rotatable bonds is 6. The van der Waals surface area contributed by atoms with Crippen molar-refractivity contribution in [2.45, 2.75) is 12.8 Å². The van der Waals surface area contributed by atoms with Gasteiger partial charge in [0.15, 0.2) is 0 Å². The molecule has 16 heavy (non-hydrogen) atoms. The van der Waals surface area contributed by atoms with E-state index in [0.29, 0.717) is 17.9 Å². The quantitative estimate of drug-likeness (QED) is 0.458. The van der Waals surface area contributed by atoms with Gasteiger partial charge in [-0.2, -0.15) is 0 Å². The van der Waals surface area contributed by atoms with E-state index in [1.807, 2.05) is 6.07 Å². The number of benzene rings is 1. The van der Waals surface area contributed by atoms with E-state index in [9.17, 15) is 4.79 Å². The van der Waals surface area contributed by atoms with Gasteiger partial charge in [0.25, 0.3) is 0 Å². The molecule has 0 bridgehead atoms. The highest BCUT2D eigenvalue weighted by Gasteiger charge is 2.05. The van der Waals surface area contributed by atoms with Gasteiger partial charge in [-0.25, -0.2) is 4.79 Å². The Balaban J connectivity index is 2.50. The van der Waals surface area contributed by atoms with Gasteiger partial charge >= 0.3 is 5.97 Å². The lowest BCUT2D eigenvalue weighted by atomic mass is 10.2. The second-order valence-corrected chi connectivity index (χ2v) is 4.06. The van der Waals surface area contributed by atoms with Gasteiger partial charge in [0.2, 0.25) is 0 Å². The summed E-state index contributed by atoms with van der Waals surface area (Å²) in [4.78, 5) is 11.3. The van der Waals surface area contributed by atoms with Crippen LogP contribution in [0.5, 0.6) is 5.75 Å². The first-order valence-corrected chi connectivity index (χ1v) is 6.27. The largest absolute Gasteiger partial charge is 0.494 e. The van der Waals surface area contributed by atoms with Crippen molar-refractivity contribution in [3.05, 3.63) is 29.8 Å². The highest BCUT2D eigenvalue weighted by Crippen LogP contribution is 2.14. The molecule has 88 valence electrons. The molecule has 0 aromatic heterocycles. The van der Waals surface area contributed by atoms with Crippen molar-refractivity contribution in [3.63, 3.8) is 0 Å². The molecule has 0 amide bonds. The van der Waals surface area contributed by atoms with Gasteiger partial charge in [-0.15, -0.1) is 0 Å². The van der Waals surface area contributed by atoms with Crippen molar-refractivity contribution >= 4 is 21.9 Å². The molecule has 0 radical (unpaired) electrons. The number of alkyl halides is 1. The van der Waals surface area contributed by atoms with Gasteiger partial charge < -0.3 is 9.47 Å². The van der Waals surface area contributed by atoms with E-state index in [1.165, 1.54) is 7.11 Å². The predicted octanol–water partition coefficient (Wildman–Crippen LogP) is 3.03. The van der Waals surface area contributed by atoms with Crippen LogP contribution in [0.25, 0.3) is 0 Å². The Morgan fingerprint density at radius 1 is 1.38 bits per heavy atom. The zero-order chi connectivity index (χ0) is 11.8. The third-order valence-corrected chi connectivity index (χ3v) is 2.61. The summed E-state index contributed by atoms with van der Waals surface area (Å²) in [7, 11) is 1.37. The standard InChI is InChI=1S/C12H15BrO3/c1-15-12(14)10-5-4-6-11(9-10)16-8-3-2-7-13/h4-6,9H,2-3,7-8H2,1H3. The molecule has 1 rings (SSSR count). The first-order valence-electron chi connectivity index (χ1n) is 5.15. The zero-order valence-electron chi connectivity index (χ0n) is 9.24. The van der Waals surface area contributed by atoms with E-state index < -0.39 is 0 Å². The number of halogens is 1. The summed E-state index contributed by atoms with van der Waals surface area (Å²) in [6, 6.07) is 7.02. The zero-order valence-corrected chi connectivity index (χ0v) is 10.8. The Morgan fingerprint density at radius 2 is 2.19 bits per heavy atom. The molecule has 0 atom stereocenters. The topological polar surface area (TPSA) is 35.5 Å². The van der Waals surface area contributed by atoms with E-state index in [4.69, 9.17) is 4.74 Å². The highest BCUT2D eigenvalue weighted by atomic mass is 79.9. The smallest absolute Gasteiger partial charge is 0.337 e. The van der Waals surface area contributed by atoms with Crippen LogP contribution in [0.15, 0.2) is 24.3 Å². The molecule has 0 spiro atoms. The molecule has 0 saturated carbocycles. The molecule has 1 aromatic rings. The van der Waals surface area contributed by atoms with E-state index in [0.717, 1.165) is 18.2 Å². The molecule has 3 nitrogen and oxygen atoms in total. The summed E-state index contributed by atoms with van der Waals surface area (Å²) < 4.78 is 10.1. The Morgan fingerprint density at radius 3 is 2.88 bits per heavy atom. The normalized spacial score (nSPS) is 9.88. The van der Waals surface area contributed by atoms with Crippen LogP contribution in [0.3, 0.4) is 0 Å². The van der Waals surface area contributed by atoms with Gasteiger partial charge in [0, 0.05) is 5.33 Å². The first kappa shape index (κ1) is 13.0. The Hall–Kier alpha value is -1.03. The molecule has 0 saturated heterocycles. The monoisotopic (exact) mass is 286 g/mol. The fourth-order valence-corrected chi connectivity index (χ4v) is 1.61. The fraction of sp³-hybridized carbons (Fsp3) is 0.417. The first-order chi connectivity index (χ1) is 7.77. The molecular formula is C12H15BrO3. The van der Waals surface area contributed by atoms with Crippen LogP contribution in [-0.4, -0.2) is 25.0 Å². The number of ether oxygens (including phenoxy) is 2. The minimum Gasteiger partial charge on any atom is -0.494 e. The Labute approximate surface area is 104 Å². The van der Waals surface area contributed by atoms with E-state index in [2.05, 4.69) is 20.7 Å². The summed E-state index contributed by atoms with van der Waals surface area (Å²) in [6.45, 7) is 0.663. The molecule has 0 aliphatic heterocycles. The molecule has 4 heteroatoms. The number of hydrogen-bond acceptors (Lipinski definition) is 3. The summed E-state index contributed by atoms with van der Waals surface area (Å²) in [5.41, 5.74) is 0.514. The maximum absolute atomic E-state index is 11.3. The second kappa shape index (κ2) is 7.28. The van der Waals surface area contributed by atoms with Crippen molar-refractivity contribution in [2.24, 2.45) is 0 Å².